The van der Waals surface area contributed by atoms with Gasteiger partial charge in [0.25, 0.3) is 0 Å². The third-order valence-electron chi connectivity index (χ3n) is 5.95. The van der Waals surface area contributed by atoms with E-state index in [4.69, 9.17) is 4.74 Å². The van der Waals surface area contributed by atoms with Crippen LogP contribution in [0.1, 0.15) is 29.5 Å². The van der Waals surface area contributed by atoms with E-state index in [0.717, 1.165) is 45.3 Å². The largest absolute Gasteiger partial charge is 0.497 e. The summed E-state index contributed by atoms with van der Waals surface area (Å²) in [7, 11) is -2.05. The molecule has 3 heterocycles. The van der Waals surface area contributed by atoms with Crippen molar-refractivity contribution < 1.29 is 13.2 Å². The Labute approximate surface area is 197 Å². The lowest BCUT2D eigenvalue weighted by atomic mass is 10.0. The highest BCUT2D eigenvalue weighted by Crippen LogP contribution is 2.35. The molecule has 1 aliphatic heterocycles. The number of aryl methyl sites for hydroxylation is 1. The van der Waals surface area contributed by atoms with E-state index in [1.54, 1.807) is 23.5 Å². The number of hydrogen-bond donors (Lipinski definition) is 0. The molecule has 0 aliphatic carbocycles. The van der Waals surface area contributed by atoms with Crippen LogP contribution in [0.2, 0.25) is 0 Å². The molecule has 1 unspecified atom stereocenters. The molecule has 9 heteroatoms. The summed E-state index contributed by atoms with van der Waals surface area (Å²) in [6.45, 7) is 2.75. The first-order valence-electron chi connectivity index (χ1n) is 10.8. The topological polar surface area (TPSA) is 85.3 Å². The molecule has 0 amide bonds. The summed E-state index contributed by atoms with van der Waals surface area (Å²) in [4.78, 5) is 4.79. The number of piperidine rings is 1. The minimum atomic E-state index is -3.69. The number of nitrogens with zero attached hydrogens (tertiary/aromatic N) is 4. The highest BCUT2D eigenvalue weighted by atomic mass is 32.2. The van der Waals surface area contributed by atoms with Gasteiger partial charge in [0.2, 0.25) is 10.0 Å². The van der Waals surface area contributed by atoms with E-state index in [1.807, 2.05) is 49.4 Å². The lowest BCUT2D eigenvalue weighted by Gasteiger charge is -2.31. The van der Waals surface area contributed by atoms with Crippen molar-refractivity contribution in [1.82, 2.24) is 19.5 Å². The predicted molar refractivity (Wildman–Crippen MR) is 129 cm³/mol. The van der Waals surface area contributed by atoms with Gasteiger partial charge in [0.05, 0.1) is 12.6 Å². The summed E-state index contributed by atoms with van der Waals surface area (Å²) in [5.74, 6) is 0.803. The van der Waals surface area contributed by atoms with Crippen LogP contribution in [-0.2, 0) is 10.0 Å². The van der Waals surface area contributed by atoms with Crippen molar-refractivity contribution in [2.45, 2.75) is 30.6 Å². The van der Waals surface area contributed by atoms with Gasteiger partial charge in [-0.2, -0.15) is 4.31 Å². The fraction of sp³-hybridized carbons (Fsp3) is 0.292. The molecule has 1 atom stereocenters. The smallest absolute Gasteiger partial charge is 0.245 e. The lowest BCUT2D eigenvalue weighted by molar-refractivity contribution is 0.315. The van der Waals surface area contributed by atoms with Crippen LogP contribution in [0.15, 0.2) is 59.5 Å². The third kappa shape index (κ3) is 4.23. The van der Waals surface area contributed by atoms with Gasteiger partial charge in [-0.3, -0.25) is 4.98 Å². The number of pyridine rings is 1. The molecule has 33 heavy (non-hydrogen) atoms. The Morgan fingerprint density at radius 3 is 2.67 bits per heavy atom. The van der Waals surface area contributed by atoms with Gasteiger partial charge in [-0.05, 0) is 56.2 Å². The zero-order chi connectivity index (χ0) is 23.0. The first-order valence-corrected chi connectivity index (χ1v) is 13.1. The summed E-state index contributed by atoms with van der Waals surface area (Å²) >= 11 is 1.52. The molecule has 7 nitrogen and oxygen atoms in total. The van der Waals surface area contributed by atoms with Gasteiger partial charge >= 0.3 is 0 Å². The molecule has 2 aromatic carbocycles. The number of benzene rings is 2. The molecule has 1 saturated heterocycles. The molecular formula is C24H24N4O3S2. The Morgan fingerprint density at radius 2 is 1.88 bits per heavy atom. The van der Waals surface area contributed by atoms with Crippen LogP contribution >= 0.6 is 11.3 Å². The lowest BCUT2D eigenvalue weighted by Crippen LogP contribution is -2.39. The number of hydrogen-bond acceptors (Lipinski definition) is 7. The van der Waals surface area contributed by atoms with Crippen LogP contribution in [0.4, 0.5) is 0 Å². The maximum Gasteiger partial charge on any atom is 0.245 e. The van der Waals surface area contributed by atoms with Crippen LogP contribution in [0.25, 0.3) is 21.5 Å². The zero-order valence-electron chi connectivity index (χ0n) is 18.4. The van der Waals surface area contributed by atoms with Gasteiger partial charge in [-0.1, -0.05) is 29.5 Å². The molecule has 170 valence electrons. The normalized spacial score (nSPS) is 17.3. The summed E-state index contributed by atoms with van der Waals surface area (Å²) in [5.41, 5.74) is 2.29. The molecule has 1 aliphatic rings. The highest BCUT2D eigenvalue weighted by molar-refractivity contribution is 7.89. The average Bonchev–Trinajstić information content (AvgIpc) is 3.34. The fourth-order valence-corrected chi connectivity index (χ4v) is 6.83. The molecule has 0 radical (unpaired) electrons. The molecule has 0 saturated carbocycles. The quantitative estimate of drug-likeness (QED) is 0.414. The Kier molecular flexibility index (Phi) is 5.86. The monoisotopic (exact) mass is 480 g/mol. The van der Waals surface area contributed by atoms with E-state index in [-0.39, 0.29) is 10.8 Å². The summed E-state index contributed by atoms with van der Waals surface area (Å²) in [6, 6.07) is 16.8. The van der Waals surface area contributed by atoms with Gasteiger partial charge in [-0.15, -0.1) is 10.2 Å². The number of aromatic nitrogens is 3. The van der Waals surface area contributed by atoms with Crippen LogP contribution in [0, 0.1) is 6.92 Å². The van der Waals surface area contributed by atoms with Crippen LogP contribution in [-0.4, -0.2) is 48.1 Å². The van der Waals surface area contributed by atoms with E-state index in [9.17, 15) is 8.42 Å². The van der Waals surface area contributed by atoms with Crippen molar-refractivity contribution in [1.29, 1.82) is 0 Å². The SMILES string of the molecule is COc1ccc(-c2nnc(C3CCCN(S(=O)(=O)c4cccc5ccc(C)nc45)C3)s2)cc1. The van der Waals surface area contributed by atoms with E-state index in [2.05, 4.69) is 15.2 Å². The van der Waals surface area contributed by atoms with Crippen molar-refractivity contribution >= 4 is 32.3 Å². The standard InChI is InChI=1S/C24H24N4O3S2/c1-16-8-9-17-5-3-7-21(22(17)25-16)33(29,30)28-14-4-6-19(15-28)24-27-26-23(32-24)18-10-12-20(31-2)13-11-18/h3,5,7-13,19H,4,6,14-15H2,1-2H3. The number of fused-ring (bicyclic) bond motifs is 1. The van der Waals surface area contributed by atoms with Gasteiger partial charge < -0.3 is 4.74 Å². The third-order valence-corrected chi connectivity index (χ3v) is 8.98. The van der Waals surface area contributed by atoms with Crippen molar-refractivity contribution in [2.24, 2.45) is 0 Å². The molecule has 4 aromatic rings. The average molecular weight is 481 g/mol. The van der Waals surface area contributed by atoms with Gasteiger partial charge in [0, 0.05) is 35.7 Å². The first kappa shape index (κ1) is 21.9. The summed E-state index contributed by atoms with van der Waals surface area (Å²) in [5, 5.41) is 11.3. The van der Waals surface area contributed by atoms with E-state index in [1.165, 1.54) is 11.3 Å². The number of rotatable bonds is 5. The maximum atomic E-state index is 13.6. The zero-order valence-corrected chi connectivity index (χ0v) is 20.1. The second kappa shape index (κ2) is 8.81. The van der Waals surface area contributed by atoms with E-state index < -0.39 is 10.0 Å². The molecule has 2 aromatic heterocycles. The number of ether oxygens (including phenoxy) is 1. The molecule has 0 spiro atoms. The number of para-hydroxylation sites is 1. The Morgan fingerprint density at radius 1 is 1.06 bits per heavy atom. The van der Waals surface area contributed by atoms with Crippen molar-refractivity contribution in [3.05, 3.63) is 65.3 Å². The number of methoxy groups -OCH3 is 1. The molecule has 0 bridgehead atoms. The second-order valence-electron chi connectivity index (χ2n) is 8.16. The predicted octanol–water partition coefficient (Wildman–Crippen LogP) is 4.64. The van der Waals surface area contributed by atoms with Crippen molar-refractivity contribution in [3.63, 3.8) is 0 Å². The van der Waals surface area contributed by atoms with Crippen LogP contribution in [0.3, 0.4) is 0 Å². The molecular weight excluding hydrogens is 456 g/mol. The fourth-order valence-electron chi connectivity index (χ4n) is 4.18. The van der Waals surface area contributed by atoms with E-state index in [0.29, 0.717) is 18.6 Å². The summed E-state index contributed by atoms with van der Waals surface area (Å²) < 4.78 is 34.0. The summed E-state index contributed by atoms with van der Waals surface area (Å²) in [6.07, 6.45) is 1.66. The second-order valence-corrected chi connectivity index (χ2v) is 11.1. The Balaban J connectivity index is 1.41. The number of sulfonamides is 1. The van der Waals surface area contributed by atoms with E-state index >= 15 is 0 Å². The van der Waals surface area contributed by atoms with Crippen molar-refractivity contribution in [2.75, 3.05) is 20.2 Å². The van der Waals surface area contributed by atoms with Gasteiger partial charge in [0.1, 0.15) is 20.7 Å². The molecule has 1 fully saturated rings. The van der Waals surface area contributed by atoms with Gasteiger partial charge in [-0.25, -0.2) is 8.42 Å². The van der Waals surface area contributed by atoms with Crippen molar-refractivity contribution in [3.8, 4) is 16.3 Å². The Hall–Kier alpha value is -2.88. The molecule has 5 rings (SSSR count). The first-order chi connectivity index (χ1) is 16.0. The highest BCUT2D eigenvalue weighted by Gasteiger charge is 2.33. The minimum absolute atomic E-state index is 0.0164. The minimum Gasteiger partial charge on any atom is -0.497 e. The van der Waals surface area contributed by atoms with Crippen LogP contribution < -0.4 is 4.74 Å². The molecule has 0 N–H and O–H groups in total. The van der Waals surface area contributed by atoms with Gasteiger partial charge in [0.15, 0.2) is 0 Å². The maximum absolute atomic E-state index is 13.6. The van der Waals surface area contributed by atoms with Crippen LogP contribution in [0.5, 0.6) is 5.75 Å². The Bertz CT molecular complexity index is 1400.